The highest BCUT2D eigenvalue weighted by atomic mass is 127. The van der Waals surface area contributed by atoms with Crippen LogP contribution in [0.3, 0.4) is 0 Å². The summed E-state index contributed by atoms with van der Waals surface area (Å²) in [6.07, 6.45) is 0. The van der Waals surface area contributed by atoms with Crippen LogP contribution in [0.15, 0.2) is 22.7 Å². The summed E-state index contributed by atoms with van der Waals surface area (Å²) in [6, 6.07) is 5.57. The standard InChI is InChI=1S/C11H8BrClIN3/c1-5-9(14)10(15)17-11(16-5)7-3-2-6(12)4-8(7)13/h2-4H,1H3,(H2,15,16,17). The van der Waals surface area contributed by atoms with E-state index in [0.29, 0.717) is 16.7 Å². The van der Waals surface area contributed by atoms with Crippen LogP contribution in [-0.4, -0.2) is 9.97 Å². The van der Waals surface area contributed by atoms with Crippen LogP contribution in [0.1, 0.15) is 5.69 Å². The van der Waals surface area contributed by atoms with Gasteiger partial charge in [0, 0.05) is 10.0 Å². The number of nitrogen functional groups attached to an aromatic ring is 1. The Hall–Kier alpha value is -0.400. The van der Waals surface area contributed by atoms with Gasteiger partial charge in [-0.2, -0.15) is 0 Å². The fraction of sp³-hybridized carbons (Fsp3) is 0.0909. The largest absolute Gasteiger partial charge is 0.383 e. The quantitative estimate of drug-likeness (QED) is 0.703. The molecule has 0 fully saturated rings. The van der Waals surface area contributed by atoms with Gasteiger partial charge in [0.2, 0.25) is 0 Å². The molecular formula is C11H8BrClIN3. The molecule has 0 saturated carbocycles. The molecule has 88 valence electrons. The van der Waals surface area contributed by atoms with Crippen molar-refractivity contribution in [3.63, 3.8) is 0 Å². The summed E-state index contributed by atoms with van der Waals surface area (Å²) < 4.78 is 1.79. The van der Waals surface area contributed by atoms with Gasteiger partial charge in [0.25, 0.3) is 0 Å². The predicted molar refractivity (Wildman–Crippen MR) is 82.0 cm³/mol. The Morgan fingerprint density at radius 3 is 2.65 bits per heavy atom. The third kappa shape index (κ3) is 2.71. The number of aryl methyl sites for hydroxylation is 1. The highest BCUT2D eigenvalue weighted by Crippen LogP contribution is 2.29. The normalized spacial score (nSPS) is 10.6. The van der Waals surface area contributed by atoms with Gasteiger partial charge in [-0.3, -0.25) is 0 Å². The van der Waals surface area contributed by atoms with Gasteiger partial charge in [0.05, 0.1) is 14.3 Å². The van der Waals surface area contributed by atoms with E-state index in [1.54, 1.807) is 0 Å². The van der Waals surface area contributed by atoms with Gasteiger partial charge < -0.3 is 5.73 Å². The van der Waals surface area contributed by atoms with Gasteiger partial charge in [-0.15, -0.1) is 0 Å². The number of hydrogen-bond acceptors (Lipinski definition) is 3. The first-order valence-corrected chi connectivity index (χ1v) is 6.99. The lowest BCUT2D eigenvalue weighted by Crippen LogP contribution is -2.02. The first-order chi connectivity index (χ1) is 7.99. The van der Waals surface area contributed by atoms with Crippen LogP contribution >= 0.6 is 50.1 Å². The number of aromatic nitrogens is 2. The lowest BCUT2D eigenvalue weighted by Gasteiger charge is -2.07. The molecule has 0 saturated heterocycles. The maximum absolute atomic E-state index is 6.16. The summed E-state index contributed by atoms with van der Waals surface area (Å²) in [5.74, 6) is 1.03. The molecule has 0 bridgehead atoms. The molecule has 0 aliphatic heterocycles. The zero-order chi connectivity index (χ0) is 12.6. The third-order valence-electron chi connectivity index (χ3n) is 2.21. The zero-order valence-electron chi connectivity index (χ0n) is 8.84. The van der Waals surface area contributed by atoms with Crippen LogP contribution in [0.4, 0.5) is 5.82 Å². The monoisotopic (exact) mass is 423 g/mol. The van der Waals surface area contributed by atoms with E-state index in [2.05, 4.69) is 48.5 Å². The second-order valence-corrected chi connectivity index (χ2v) is 5.86. The fourth-order valence-electron chi connectivity index (χ4n) is 1.37. The summed E-state index contributed by atoms with van der Waals surface area (Å²) in [7, 11) is 0. The van der Waals surface area contributed by atoms with Crippen molar-refractivity contribution in [1.82, 2.24) is 9.97 Å². The molecule has 17 heavy (non-hydrogen) atoms. The Labute approximate surface area is 126 Å². The lowest BCUT2D eigenvalue weighted by atomic mass is 10.2. The second kappa shape index (κ2) is 5.07. The van der Waals surface area contributed by atoms with E-state index in [9.17, 15) is 0 Å². The Morgan fingerprint density at radius 2 is 2.06 bits per heavy atom. The van der Waals surface area contributed by atoms with Crippen LogP contribution in [0.25, 0.3) is 11.4 Å². The van der Waals surface area contributed by atoms with E-state index in [1.165, 1.54) is 0 Å². The van der Waals surface area contributed by atoms with Crippen molar-refractivity contribution in [2.75, 3.05) is 5.73 Å². The molecule has 1 aromatic carbocycles. The molecule has 1 heterocycles. The number of nitrogens with zero attached hydrogens (tertiary/aromatic N) is 2. The molecular weight excluding hydrogens is 416 g/mol. The maximum Gasteiger partial charge on any atom is 0.163 e. The van der Waals surface area contributed by atoms with Gasteiger partial charge in [0.1, 0.15) is 5.82 Å². The highest BCUT2D eigenvalue weighted by Gasteiger charge is 2.11. The van der Waals surface area contributed by atoms with Crippen molar-refractivity contribution in [3.05, 3.63) is 37.0 Å². The number of hydrogen-bond donors (Lipinski definition) is 1. The van der Waals surface area contributed by atoms with E-state index < -0.39 is 0 Å². The smallest absolute Gasteiger partial charge is 0.163 e. The lowest BCUT2D eigenvalue weighted by molar-refractivity contribution is 1.10. The summed E-state index contributed by atoms with van der Waals surface area (Å²) in [6.45, 7) is 1.90. The van der Waals surface area contributed by atoms with Crippen LogP contribution in [0.5, 0.6) is 0 Å². The van der Waals surface area contributed by atoms with Crippen LogP contribution < -0.4 is 5.73 Å². The summed E-state index contributed by atoms with van der Waals surface area (Å²) in [4.78, 5) is 8.65. The van der Waals surface area contributed by atoms with Crippen molar-refractivity contribution < 1.29 is 0 Å². The highest BCUT2D eigenvalue weighted by molar-refractivity contribution is 14.1. The van der Waals surface area contributed by atoms with E-state index >= 15 is 0 Å². The van der Waals surface area contributed by atoms with Crippen molar-refractivity contribution in [2.24, 2.45) is 0 Å². The SMILES string of the molecule is Cc1nc(-c2ccc(Br)cc2Cl)nc(N)c1I. The molecule has 0 radical (unpaired) electrons. The number of halogens is 3. The van der Waals surface area contributed by atoms with Crippen LogP contribution in [0, 0.1) is 10.5 Å². The van der Waals surface area contributed by atoms with Gasteiger partial charge in [0.15, 0.2) is 5.82 Å². The van der Waals surface area contributed by atoms with Crippen LogP contribution in [0.2, 0.25) is 5.02 Å². The third-order valence-corrected chi connectivity index (χ3v) is 4.35. The van der Waals surface area contributed by atoms with E-state index in [-0.39, 0.29) is 0 Å². The zero-order valence-corrected chi connectivity index (χ0v) is 13.3. The average molecular weight is 424 g/mol. The molecule has 0 amide bonds. The number of anilines is 1. The number of nitrogens with two attached hydrogens (primary N) is 1. The number of rotatable bonds is 1. The molecule has 1 aromatic heterocycles. The number of benzene rings is 1. The van der Waals surface area contributed by atoms with Crippen LogP contribution in [-0.2, 0) is 0 Å². The summed E-state index contributed by atoms with van der Waals surface area (Å²) in [5.41, 5.74) is 7.46. The maximum atomic E-state index is 6.16. The second-order valence-electron chi connectivity index (χ2n) is 3.46. The van der Waals surface area contributed by atoms with Crippen molar-refractivity contribution >= 4 is 55.9 Å². The minimum atomic E-state index is 0.479. The first-order valence-electron chi connectivity index (χ1n) is 4.74. The molecule has 0 aliphatic carbocycles. The molecule has 2 aromatic rings. The molecule has 0 spiro atoms. The summed E-state index contributed by atoms with van der Waals surface area (Å²) in [5, 5.41) is 0.597. The van der Waals surface area contributed by atoms with Gasteiger partial charge in [-0.1, -0.05) is 27.5 Å². The van der Waals surface area contributed by atoms with Gasteiger partial charge >= 0.3 is 0 Å². The Bertz CT molecular complexity index is 566. The minimum Gasteiger partial charge on any atom is -0.383 e. The molecule has 0 aliphatic rings. The van der Waals surface area contributed by atoms with E-state index in [0.717, 1.165) is 19.3 Å². The van der Waals surface area contributed by atoms with E-state index in [1.807, 2.05) is 25.1 Å². The van der Waals surface area contributed by atoms with Gasteiger partial charge in [-0.25, -0.2) is 9.97 Å². The predicted octanol–water partition coefficient (Wildman–Crippen LogP) is 4.05. The fourth-order valence-corrected chi connectivity index (χ4v) is 2.37. The van der Waals surface area contributed by atoms with Crippen molar-refractivity contribution in [3.8, 4) is 11.4 Å². The summed E-state index contributed by atoms with van der Waals surface area (Å²) >= 11 is 11.6. The van der Waals surface area contributed by atoms with Crippen molar-refractivity contribution in [2.45, 2.75) is 6.92 Å². The van der Waals surface area contributed by atoms with Gasteiger partial charge in [-0.05, 0) is 47.7 Å². The first kappa shape index (κ1) is 13.0. The molecule has 0 atom stereocenters. The Kier molecular flexibility index (Phi) is 3.89. The average Bonchev–Trinajstić information content (AvgIpc) is 2.25. The molecule has 0 unspecified atom stereocenters. The minimum absolute atomic E-state index is 0.479. The Balaban J connectivity index is 2.61. The van der Waals surface area contributed by atoms with E-state index in [4.69, 9.17) is 17.3 Å². The molecule has 6 heteroatoms. The molecule has 2 N–H and O–H groups in total. The Morgan fingerprint density at radius 1 is 1.35 bits per heavy atom. The topological polar surface area (TPSA) is 51.8 Å². The molecule has 2 rings (SSSR count). The van der Waals surface area contributed by atoms with Crippen molar-refractivity contribution in [1.29, 1.82) is 0 Å². The molecule has 3 nitrogen and oxygen atoms in total.